The zero-order valence-electron chi connectivity index (χ0n) is 18.8. The van der Waals surface area contributed by atoms with Gasteiger partial charge in [-0.1, -0.05) is 24.3 Å². The van der Waals surface area contributed by atoms with Crippen molar-refractivity contribution in [3.8, 4) is 5.75 Å². The summed E-state index contributed by atoms with van der Waals surface area (Å²) in [6.45, 7) is 1.97. The Balaban J connectivity index is 1.67. The summed E-state index contributed by atoms with van der Waals surface area (Å²) in [5.74, 6) is 0.888. The second-order valence-electron chi connectivity index (χ2n) is 7.71. The third-order valence-electron chi connectivity index (χ3n) is 5.05. The molecule has 0 bridgehead atoms. The van der Waals surface area contributed by atoms with E-state index >= 15 is 0 Å². The zero-order valence-corrected chi connectivity index (χ0v) is 18.8. The minimum atomic E-state index is -0.451. The van der Waals surface area contributed by atoms with Gasteiger partial charge in [-0.15, -0.1) is 0 Å². The summed E-state index contributed by atoms with van der Waals surface area (Å²) in [6.07, 6.45) is 1.74. The van der Waals surface area contributed by atoms with Crippen LogP contribution in [0.4, 0.5) is 11.5 Å². The van der Waals surface area contributed by atoms with E-state index in [9.17, 15) is 9.59 Å². The molecule has 0 aliphatic heterocycles. The smallest absolute Gasteiger partial charge is 0.227 e. The molecule has 8 nitrogen and oxygen atoms in total. The summed E-state index contributed by atoms with van der Waals surface area (Å²) in [5.41, 5.74) is 3.01. The first-order valence-electron chi connectivity index (χ1n) is 10.3. The van der Waals surface area contributed by atoms with E-state index in [2.05, 4.69) is 15.7 Å². The third-order valence-corrected chi connectivity index (χ3v) is 5.05. The van der Waals surface area contributed by atoms with Crippen molar-refractivity contribution in [3.05, 3.63) is 71.9 Å². The molecule has 1 atom stereocenters. The van der Waals surface area contributed by atoms with Crippen LogP contribution in [0.1, 0.15) is 30.5 Å². The Morgan fingerprint density at radius 3 is 2.34 bits per heavy atom. The van der Waals surface area contributed by atoms with Crippen LogP contribution >= 0.6 is 0 Å². The molecular weight excluding hydrogens is 406 g/mol. The zero-order chi connectivity index (χ0) is 23.1. The molecule has 0 saturated heterocycles. The highest BCUT2D eigenvalue weighted by atomic mass is 16.5. The monoisotopic (exact) mass is 435 g/mol. The average Bonchev–Trinajstić information content (AvgIpc) is 3.19. The van der Waals surface area contributed by atoms with Gasteiger partial charge in [0, 0.05) is 32.8 Å². The van der Waals surface area contributed by atoms with E-state index in [1.54, 1.807) is 36.2 Å². The Kier molecular flexibility index (Phi) is 7.49. The molecule has 2 N–H and O–H groups in total. The highest BCUT2D eigenvalue weighted by molar-refractivity contribution is 5.90. The quantitative estimate of drug-likeness (QED) is 0.539. The van der Waals surface area contributed by atoms with Gasteiger partial charge in [0.1, 0.15) is 11.6 Å². The Labute approximate surface area is 188 Å². The van der Waals surface area contributed by atoms with Gasteiger partial charge in [0.15, 0.2) is 0 Å². The van der Waals surface area contributed by atoms with Crippen molar-refractivity contribution in [2.45, 2.75) is 25.9 Å². The first-order valence-corrected chi connectivity index (χ1v) is 10.3. The number of amides is 2. The van der Waals surface area contributed by atoms with Gasteiger partial charge in [0.05, 0.1) is 32.3 Å². The lowest BCUT2D eigenvalue weighted by Gasteiger charge is -2.19. The molecule has 0 aliphatic carbocycles. The fraction of sp³-hybridized carbons (Fsp3) is 0.292. The molecule has 0 fully saturated rings. The van der Waals surface area contributed by atoms with Crippen molar-refractivity contribution in [3.63, 3.8) is 0 Å². The van der Waals surface area contributed by atoms with Crippen LogP contribution in [-0.2, 0) is 16.1 Å². The lowest BCUT2D eigenvalue weighted by molar-refractivity contribution is -0.120. The van der Waals surface area contributed by atoms with Crippen LogP contribution in [-0.4, -0.2) is 42.8 Å². The highest BCUT2D eigenvalue weighted by Crippen LogP contribution is 2.22. The van der Waals surface area contributed by atoms with Gasteiger partial charge in [0.25, 0.3) is 0 Å². The Bertz CT molecular complexity index is 1040. The number of benzene rings is 2. The summed E-state index contributed by atoms with van der Waals surface area (Å²) in [6, 6.07) is 16.8. The maximum atomic E-state index is 12.8. The summed E-state index contributed by atoms with van der Waals surface area (Å²) in [5, 5.41) is 10.1. The predicted molar refractivity (Wildman–Crippen MR) is 125 cm³/mol. The molecule has 0 radical (unpaired) electrons. The molecular formula is C24H29N5O3. The van der Waals surface area contributed by atoms with Crippen molar-refractivity contribution < 1.29 is 14.3 Å². The Morgan fingerprint density at radius 2 is 1.75 bits per heavy atom. The number of nitrogens with zero attached hydrogens (tertiary/aromatic N) is 3. The lowest BCUT2D eigenvalue weighted by Crippen LogP contribution is -2.30. The van der Waals surface area contributed by atoms with Crippen LogP contribution in [0.3, 0.4) is 0 Å². The van der Waals surface area contributed by atoms with Gasteiger partial charge in [-0.25, -0.2) is 4.68 Å². The van der Waals surface area contributed by atoms with Gasteiger partial charge < -0.3 is 20.3 Å². The number of hydrogen-bond acceptors (Lipinski definition) is 5. The molecule has 1 aromatic heterocycles. The van der Waals surface area contributed by atoms with Crippen LogP contribution in [0.25, 0.3) is 0 Å². The van der Waals surface area contributed by atoms with E-state index in [-0.39, 0.29) is 18.2 Å². The van der Waals surface area contributed by atoms with E-state index in [0.717, 1.165) is 16.8 Å². The van der Waals surface area contributed by atoms with E-state index in [0.29, 0.717) is 18.1 Å². The van der Waals surface area contributed by atoms with Crippen LogP contribution in [0.15, 0.2) is 60.8 Å². The van der Waals surface area contributed by atoms with Crippen LogP contribution in [0.2, 0.25) is 0 Å². The number of carbonyl (C=O) groups is 2. The standard InChI is InChI=1S/C24H29N5O3/c1-17(30)26-22(19-7-11-21(32-4)12-8-19)15-24(31)27-23-13-14-25-29(23)16-18-5-9-20(10-6-18)28(2)3/h5-14,22H,15-16H2,1-4H3,(H,26,30)(H,27,31). The molecule has 3 rings (SSSR count). The predicted octanol–water partition coefficient (Wildman–Crippen LogP) is 3.21. The molecule has 0 spiro atoms. The number of rotatable bonds is 9. The molecule has 2 amide bonds. The normalized spacial score (nSPS) is 11.5. The van der Waals surface area contributed by atoms with Crippen LogP contribution in [0, 0.1) is 0 Å². The minimum absolute atomic E-state index is 0.0919. The molecule has 1 unspecified atom stereocenters. The number of hydrogen-bond donors (Lipinski definition) is 2. The van der Waals surface area contributed by atoms with Gasteiger partial charge in [-0.2, -0.15) is 5.10 Å². The molecule has 0 aliphatic rings. The topological polar surface area (TPSA) is 88.5 Å². The summed E-state index contributed by atoms with van der Waals surface area (Å²) in [7, 11) is 5.58. The number of nitrogens with one attached hydrogen (secondary N) is 2. The number of ether oxygens (including phenoxy) is 1. The number of methoxy groups -OCH3 is 1. The van der Waals surface area contributed by atoms with Crippen molar-refractivity contribution >= 4 is 23.3 Å². The first kappa shape index (κ1) is 22.9. The number of carbonyl (C=O) groups excluding carboxylic acids is 2. The second-order valence-corrected chi connectivity index (χ2v) is 7.71. The molecule has 2 aromatic carbocycles. The fourth-order valence-corrected chi connectivity index (χ4v) is 3.35. The molecule has 1 heterocycles. The molecule has 8 heteroatoms. The maximum Gasteiger partial charge on any atom is 0.227 e. The fourth-order valence-electron chi connectivity index (χ4n) is 3.35. The molecule has 168 valence electrons. The summed E-state index contributed by atoms with van der Waals surface area (Å²) in [4.78, 5) is 26.5. The maximum absolute atomic E-state index is 12.8. The largest absolute Gasteiger partial charge is 0.497 e. The van der Waals surface area contributed by atoms with Crippen molar-refractivity contribution in [2.24, 2.45) is 0 Å². The SMILES string of the molecule is COc1ccc(C(CC(=O)Nc2ccnn2Cc2ccc(N(C)C)cc2)NC(C)=O)cc1. The summed E-state index contributed by atoms with van der Waals surface area (Å²) >= 11 is 0. The third kappa shape index (κ3) is 6.10. The molecule has 3 aromatic rings. The van der Waals surface area contributed by atoms with Crippen molar-refractivity contribution in [1.82, 2.24) is 15.1 Å². The van der Waals surface area contributed by atoms with Gasteiger partial charge in [-0.05, 0) is 35.4 Å². The first-order chi connectivity index (χ1) is 15.4. The van der Waals surface area contributed by atoms with Crippen molar-refractivity contribution in [2.75, 3.05) is 31.4 Å². The summed E-state index contributed by atoms with van der Waals surface area (Å²) < 4.78 is 6.92. The van der Waals surface area contributed by atoms with E-state index < -0.39 is 6.04 Å². The van der Waals surface area contributed by atoms with E-state index in [1.807, 2.05) is 55.4 Å². The van der Waals surface area contributed by atoms with E-state index in [1.165, 1.54) is 6.92 Å². The Hall–Kier alpha value is -3.81. The number of anilines is 2. The Morgan fingerprint density at radius 1 is 1.06 bits per heavy atom. The van der Waals surface area contributed by atoms with Crippen LogP contribution < -0.4 is 20.3 Å². The number of aromatic nitrogens is 2. The highest BCUT2D eigenvalue weighted by Gasteiger charge is 2.18. The van der Waals surface area contributed by atoms with Gasteiger partial charge in [-0.3, -0.25) is 9.59 Å². The molecule has 0 saturated carbocycles. The van der Waals surface area contributed by atoms with Crippen molar-refractivity contribution in [1.29, 1.82) is 0 Å². The molecule has 32 heavy (non-hydrogen) atoms. The van der Waals surface area contributed by atoms with E-state index in [4.69, 9.17) is 4.74 Å². The van der Waals surface area contributed by atoms with Crippen LogP contribution in [0.5, 0.6) is 5.75 Å². The minimum Gasteiger partial charge on any atom is -0.497 e. The van der Waals surface area contributed by atoms with Gasteiger partial charge >= 0.3 is 0 Å². The second kappa shape index (κ2) is 10.5. The van der Waals surface area contributed by atoms with Gasteiger partial charge in [0.2, 0.25) is 11.8 Å². The average molecular weight is 436 g/mol. The lowest BCUT2D eigenvalue weighted by atomic mass is 10.0.